The van der Waals surface area contributed by atoms with Crippen LogP contribution in [0.15, 0.2) is 40.7 Å². The van der Waals surface area contributed by atoms with Gasteiger partial charge in [0.2, 0.25) is 5.91 Å². The molecule has 0 saturated heterocycles. The summed E-state index contributed by atoms with van der Waals surface area (Å²) in [4.78, 5) is 19.8. The van der Waals surface area contributed by atoms with Crippen molar-refractivity contribution in [3.05, 3.63) is 57.5 Å². The van der Waals surface area contributed by atoms with Crippen LogP contribution in [-0.2, 0) is 24.3 Å². The average Bonchev–Trinajstić information content (AvgIpc) is 3.13. The van der Waals surface area contributed by atoms with Crippen molar-refractivity contribution in [1.29, 1.82) is 0 Å². The summed E-state index contributed by atoms with van der Waals surface area (Å²) >= 11 is 1.77. The Morgan fingerprint density at radius 2 is 2.11 bits per heavy atom. The summed E-state index contributed by atoms with van der Waals surface area (Å²) in [5, 5.41) is 8.27. The summed E-state index contributed by atoms with van der Waals surface area (Å²) in [5.41, 5.74) is 1.84. The van der Waals surface area contributed by atoms with E-state index in [0.717, 1.165) is 13.0 Å². The molecule has 1 aromatic heterocycles. The molecule has 0 bridgehead atoms. The molecule has 0 aliphatic carbocycles. The van der Waals surface area contributed by atoms with Gasteiger partial charge in [-0.25, -0.2) is 4.39 Å². The maximum Gasteiger partial charge on any atom is 0.224 e. The first-order valence-corrected chi connectivity index (χ1v) is 9.56. The molecule has 146 valence electrons. The molecule has 8 heteroatoms. The summed E-state index contributed by atoms with van der Waals surface area (Å²) < 4.78 is 13.6. The zero-order valence-corrected chi connectivity index (χ0v) is 18.4. The molecule has 1 aliphatic heterocycles. The van der Waals surface area contributed by atoms with Crippen LogP contribution < -0.4 is 10.6 Å². The van der Waals surface area contributed by atoms with E-state index in [1.807, 2.05) is 4.90 Å². The molecule has 0 fully saturated rings. The van der Waals surface area contributed by atoms with Crippen LogP contribution >= 0.6 is 35.3 Å². The van der Waals surface area contributed by atoms with E-state index in [1.165, 1.54) is 16.5 Å². The number of nitrogens with zero attached hydrogens (tertiary/aromatic N) is 2. The van der Waals surface area contributed by atoms with Crippen LogP contribution in [0.5, 0.6) is 0 Å². The largest absolute Gasteiger partial charge is 0.356 e. The highest BCUT2D eigenvalue weighted by atomic mass is 127. The molecule has 0 radical (unpaired) electrons. The average molecular weight is 502 g/mol. The van der Waals surface area contributed by atoms with Gasteiger partial charge in [-0.2, -0.15) is 0 Å². The Labute approximate surface area is 180 Å². The molecule has 2 aromatic rings. The third-order valence-electron chi connectivity index (χ3n) is 4.42. The van der Waals surface area contributed by atoms with Gasteiger partial charge in [0.05, 0.1) is 0 Å². The molecule has 27 heavy (non-hydrogen) atoms. The maximum atomic E-state index is 13.6. The van der Waals surface area contributed by atoms with Crippen LogP contribution in [-0.4, -0.2) is 36.9 Å². The van der Waals surface area contributed by atoms with Gasteiger partial charge in [0.1, 0.15) is 5.82 Å². The lowest BCUT2D eigenvalue weighted by atomic mass is 10.1. The normalized spacial score (nSPS) is 13.6. The summed E-state index contributed by atoms with van der Waals surface area (Å²) in [7, 11) is 1.65. The minimum Gasteiger partial charge on any atom is -0.356 e. The third kappa shape index (κ3) is 5.90. The smallest absolute Gasteiger partial charge is 0.224 e. The maximum absolute atomic E-state index is 13.6. The van der Waals surface area contributed by atoms with Crippen molar-refractivity contribution < 1.29 is 9.18 Å². The van der Waals surface area contributed by atoms with E-state index >= 15 is 0 Å². The fourth-order valence-electron chi connectivity index (χ4n) is 2.95. The second kappa shape index (κ2) is 10.6. The molecule has 0 saturated carbocycles. The first-order chi connectivity index (χ1) is 12.7. The van der Waals surface area contributed by atoms with E-state index in [1.54, 1.807) is 36.6 Å². The van der Waals surface area contributed by atoms with E-state index < -0.39 is 0 Å². The van der Waals surface area contributed by atoms with Gasteiger partial charge in [0.15, 0.2) is 5.96 Å². The van der Waals surface area contributed by atoms with E-state index in [4.69, 9.17) is 0 Å². The highest BCUT2D eigenvalue weighted by molar-refractivity contribution is 14.0. The second-order valence-electron chi connectivity index (χ2n) is 6.13. The quantitative estimate of drug-likeness (QED) is 0.376. The van der Waals surface area contributed by atoms with E-state index in [-0.39, 0.29) is 35.7 Å². The molecule has 1 amide bonds. The predicted octanol–water partition coefficient (Wildman–Crippen LogP) is 3.15. The molecule has 1 aliphatic rings. The number of nitrogens with one attached hydrogen (secondary N) is 2. The van der Waals surface area contributed by atoms with Gasteiger partial charge >= 0.3 is 0 Å². The van der Waals surface area contributed by atoms with Gasteiger partial charge in [0.25, 0.3) is 0 Å². The standard InChI is InChI=1S/C19H23FN4OS.HI/c1-21-19(23-12-14-4-2-3-5-16(14)20)22-9-6-18(25)24-10-7-17-15(13-24)8-11-26-17;/h2-5,8,11H,6-7,9-10,12-13H2,1H3,(H2,21,22,23);1H. The van der Waals surface area contributed by atoms with Crippen LogP contribution in [0.1, 0.15) is 22.4 Å². The first kappa shape index (κ1) is 21.6. The van der Waals surface area contributed by atoms with Crippen molar-refractivity contribution >= 4 is 47.2 Å². The Morgan fingerprint density at radius 1 is 1.30 bits per heavy atom. The Hall–Kier alpha value is -1.68. The summed E-state index contributed by atoms with van der Waals surface area (Å²) in [6.45, 7) is 2.32. The fraction of sp³-hybridized carbons (Fsp3) is 0.368. The second-order valence-corrected chi connectivity index (χ2v) is 7.13. The Bertz CT molecular complexity index is 796. The fourth-order valence-corrected chi connectivity index (χ4v) is 3.84. The van der Waals surface area contributed by atoms with Crippen molar-refractivity contribution in [2.24, 2.45) is 4.99 Å². The molecule has 0 spiro atoms. The third-order valence-corrected chi connectivity index (χ3v) is 5.44. The van der Waals surface area contributed by atoms with Crippen molar-refractivity contribution in [2.45, 2.75) is 25.9 Å². The molecule has 2 N–H and O–H groups in total. The van der Waals surface area contributed by atoms with Gasteiger partial charge in [-0.05, 0) is 29.5 Å². The van der Waals surface area contributed by atoms with E-state index in [0.29, 0.717) is 37.6 Å². The van der Waals surface area contributed by atoms with Crippen LogP contribution in [0.25, 0.3) is 0 Å². The molecule has 1 aromatic carbocycles. The lowest BCUT2D eigenvalue weighted by Crippen LogP contribution is -2.40. The predicted molar refractivity (Wildman–Crippen MR) is 118 cm³/mol. The van der Waals surface area contributed by atoms with Crippen molar-refractivity contribution in [2.75, 3.05) is 20.1 Å². The number of benzene rings is 1. The number of halogens is 2. The Kier molecular flexibility index (Phi) is 8.49. The molecular formula is C19H24FIN4OS. The van der Waals surface area contributed by atoms with Crippen molar-refractivity contribution in [1.82, 2.24) is 15.5 Å². The molecule has 3 rings (SSSR count). The van der Waals surface area contributed by atoms with Crippen LogP contribution in [0.2, 0.25) is 0 Å². The topological polar surface area (TPSA) is 56.7 Å². The number of fused-ring (bicyclic) bond motifs is 1. The van der Waals surface area contributed by atoms with Crippen molar-refractivity contribution in [3.8, 4) is 0 Å². The van der Waals surface area contributed by atoms with Gasteiger partial charge < -0.3 is 15.5 Å². The molecule has 0 atom stereocenters. The zero-order valence-electron chi connectivity index (χ0n) is 15.2. The monoisotopic (exact) mass is 502 g/mol. The van der Waals surface area contributed by atoms with Crippen LogP contribution in [0, 0.1) is 5.82 Å². The number of amides is 1. The SMILES string of the molecule is CN=C(NCCC(=O)N1CCc2sccc2C1)NCc1ccccc1F.I. The number of thiophene rings is 1. The number of carbonyl (C=O) groups is 1. The number of aliphatic imine (C=N–C) groups is 1. The summed E-state index contributed by atoms with van der Waals surface area (Å²) in [6.07, 6.45) is 1.35. The van der Waals surface area contributed by atoms with E-state index in [9.17, 15) is 9.18 Å². The lowest BCUT2D eigenvalue weighted by molar-refractivity contribution is -0.131. The number of hydrogen-bond donors (Lipinski definition) is 2. The Morgan fingerprint density at radius 3 is 2.89 bits per heavy atom. The minimum absolute atomic E-state index is 0. The number of guanidine groups is 1. The van der Waals surface area contributed by atoms with E-state index in [2.05, 4.69) is 27.1 Å². The van der Waals surface area contributed by atoms with Gasteiger partial charge in [-0.15, -0.1) is 35.3 Å². The molecule has 0 unspecified atom stereocenters. The number of rotatable bonds is 5. The van der Waals surface area contributed by atoms with Crippen LogP contribution in [0.4, 0.5) is 4.39 Å². The number of hydrogen-bond acceptors (Lipinski definition) is 3. The minimum atomic E-state index is -0.247. The first-order valence-electron chi connectivity index (χ1n) is 8.68. The Balaban J connectivity index is 0.00000261. The van der Waals surface area contributed by atoms with Gasteiger partial charge in [0, 0.05) is 50.1 Å². The zero-order chi connectivity index (χ0) is 18.4. The molecule has 2 heterocycles. The molecular weight excluding hydrogens is 478 g/mol. The van der Waals surface area contributed by atoms with Crippen molar-refractivity contribution in [3.63, 3.8) is 0 Å². The summed E-state index contributed by atoms with van der Waals surface area (Å²) in [6, 6.07) is 8.73. The highest BCUT2D eigenvalue weighted by Gasteiger charge is 2.20. The highest BCUT2D eigenvalue weighted by Crippen LogP contribution is 2.24. The lowest BCUT2D eigenvalue weighted by Gasteiger charge is -2.27. The van der Waals surface area contributed by atoms with Crippen LogP contribution in [0.3, 0.4) is 0 Å². The number of carbonyl (C=O) groups excluding carboxylic acids is 1. The van der Waals surface area contributed by atoms with Gasteiger partial charge in [-0.1, -0.05) is 18.2 Å². The molecule has 5 nitrogen and oxygen atoms in total. The summed E-state index contributed by atoms with van der Waals surface area (Å²) in [5.74, 6) is 0.447. The van der Waals surface area contributed by atoms with Gasteiger partial charge in [-0.3, -0.25) is 9.79 Å².